The molecule has 4 aromatic rings. The molecule has 1 aliphatic heterocycles. The van der Waals surface area contributed by atoms with Crippen LogP contribution in [0.4, 0.5) is 0 Å². The van der Waals surface area contributed by atoms with Crippen LogP contribution < -0.4 is 10.2 Å². The van der Waals surface area contributed by atoms with Crippen molar-refractivity contribution in [1.82, 2.24) is 4.90 Å². The van der Waals surface area contributed by atoms with Gasteiger partial charge in [0.15, 0.2) is 5.43 Å². The zero-order valence-corrected chi connectivity index (χ0v) is 20.1. The van der Waals surface area contributed by atoms with Crippen molar-refractivity contribution in [2.75, 3.05) is 6.61 Å². The van der Waals surface area contributed by atoms with E-state index in [1.54, 1.807) is 11.0 Å². The molecule has 5 heteroatoms. The molecule has 0 fully saturated rings. The zero-order valence-electron chi connectivity index (χ0n) is 20.1. The van der Waals surface area contributed by atoms with Crippen molar-refractivity contribution in [3.05, 3.63) is 123 Å². The molecule has 1 amide bonds. The van der Waals surface area contributed by atoms with E-state index < -0.39 is 6.04 Å². The van der Waals surface area contributed by atoms with Gasteiger partial charge in [-0.15, -0.1) is 0 Å². The lowest BCUT2D eigenvalue weighted by atomic mass is 9.96. The van der Waals surface area contributed by atoms with Crippen LogP contribution in [0.25, 0.3) is 11.0 Å². The Morgan fingerprint density at radius 3 is 2.37 bits per heavy atom. The smallest absolute Gasteiger partial charge is 0.291 e. The first-order valence-electron chi connectivity index (χ1n) is 11.7. The molecule has 1 aliphatic rings. The third kappa shape index (κ3) is 4.03. The van der Waals surface area contributed by atoms with Crippen molar-refractivity contribution in [3.8, 4) is 5.75 Å². The minimum absolute atomic E-state index is 0.122. The van der Waals surface area contributed by atoms with Gasteiger partial charge in [-0.25, -0.2) is 0 Å². The Morgan fingerprint density at radius 2 is 1.69 bits per heavy atom. The number of nitrogens with zero attached hydrogens (tertiary/aromatic N) is 1. The molecule has 35 heavy (non-hydrogen) atoms. The van der Waals surface area contributed by atoms with Crippen LogP contribution in [-0.4, -0.2) is 17.4 Å². The zero-order chi connectivity index (χ0) is 24.7. The number of rotatable bonds is 6. The molecule has 1 unspecified atom stereocenters. The Balaban J connectivity index is 1.68. The topological polar surface area (TPSA) is 59.8 Å². The van der Waals surface area contributed by atoms with Gasteiger partial charge in [0.1, 0.15) is 17.9 Å². The third-order valence-electron chi connectivity index (χ3n) is 6.45. The first-order chi connectivity index (χ1) is 16.9. The summed E-state index contributed by atoms with van der Waals surface area (Å²) in [4.78, 5) is 29.3. The normalized spacial score (nSPS) is 14.9. The van der Waals surface area contributed by atoms with E-state index in [0.717, 1.165) is 27.8 Å². The maximum Gasteiger partial charge on any atom is 0.291 e. The van der Waals surface area contributed by atoms with Gasteiger partial charge in [-0.1, -0.05) is 60.7 Å². The molecule has 2 heterocycles. The van der Waals surface area contributed by atoms with Gasteiger partial charge in [0.25, 0.3) is 5.91 Å². The molecule has 3 aromatic carbocycles. The largest absolute Gasteiger partial charge is 0.490 e. The first kappa shape index (κ1) is 22.7. The molecule has 0 saturated heterocycles. The van der Waals surface area contributed by atoms with Crippen molar-refractivity contribution in [2.45, 2.75) is 33.4 Å². The van der Waals surface area contributed by atoms with Crippen LogP contribution in [-0.2, 0) is 6.54 Å². The quantitative estimate of drug-likeness (QED) is 0.326. The molecule has 1 atom stereocenters. The van der Waals surface area contributed by atoms with Crippen molar-refractivity contribution >= 4 is 16.9 Å². The minimum atomic E-state index is -0.561. The van der Waals surface area contributed by atoms with Gasteiger partial charge in [-0.2, -0.15) is 0 Å². The summed E-state index contributed by atoms with van der Waals surface area (Å²) in [7, 11) is 0. The number of carbonyl (C=O) groups excluding carboxylic acids is 1. The SMILES string of the molecule is C=CCOc1ccc(C2c3c(oc4cc(C)cc(C)c4c3=O)C(=O)N2Cc2ccc(C)cc2)cc1. The van der Waals surface area contributed by atoms with Crippen LogP contribution in [0.3, 0.4) is 0 Å². The molecule has 5 rings (SSSR count). The highest BCUT2D eigenvalue weighted by Crippen LogP contribution is 2.40. The summed E-state index contributed by atoms with van der Waals surface area (Å²) in [5, 5.41) is 0.523. The van der Waals surface area contributed by atoms with Crippen molar-refractivity contribution in [1.29, 1.82) is 0 Å². The predicted molar refractivity (Wildman–Crippen MR) is 137 cm³/mol. The Bertz CT molecular complexity index is 1500. The lowest BCUT2D eigenvalue weighted by Crippen LogP contribution is -2.29. The monoisotopic (exact) mass is 465 g/mol. The third-order valence-corrected chi connectivity index (χ3v) is 6.45. The number of hydrogen-bond acceptors (Lipinski definition) is 4. The highest BCUT2D eigenvalue weighted by molar-refractivity contribution is 5.99. The van der Waals surface area contributed by atoms with E-state index in [9.17, 15) is 9.59 Å². The molecule has 0 radical (unpaired) electrons. The fourth-order valence-corrected chi connectivity index (χ4v) is 4.81. The van der Waals surface area contributed by atoms with Crippen molar-refractivity contribution in [2.24, 2.45) is 0 Å². The standard InChI is InChI=1S/C30H27NO4/c1-5-14-34-23-12-10-22(11-13-23)27-26-28(32)25-20(4)15-19(3)16-24(25)35-29(26)30(33)31(27)17-21-8-6-18(2)7-9-21/h5-13,15-16,27H,1,14,17H2,2-4H3. The van der Waals surface area contributed by atoms with Crippen LogP contribution in [0.1, 0.15) is 50.0 Å². The second-order valence-corrected chi connectivity index (χ2v) is 9.12. The van der Waals surface area contributed by atoms with Crippen LogP contribution in [0, 0.1) is 20.8 Å². The molecule has 176 valence electrons. The van der Waals surface area contributed by atoms with E-state index in [1.807, 2.05) is 81.4 Å². The number of carbonyl (C=O) groups is 1. The maximum absolute atomic E-state index is 13.9. The number of aryl methyl sites for hydroxylation is 3. The van der Waals surface area contributed by atoms with Gasteiger partial charge in [0.2, 0.25) is 5.76 Å². The highest BCUT2D eigenvalue weighted by Gasteiger charge is 2.42. The summed E-state index contributed by atoms with van der Waals surface area (Å²) in [6.07, 6.45) is 1.68. The predicted octanol–water partition coefficient (Wildman–Crippen LogP) is 6.03. The molecular formula is C30H27NO4. The molecule has 0 bridgehead atoms. The van der Waals surface area contributed by atoms with Gasteiger partial charge in [-0.3, -0.25) is 9.59 Å². The fourth-order valence-electron chi connectivity index (χ4n) is 4.81. The Kier molecular flexibility index (Phi) is 5.77. The molecular weight excluding hydrogens is 438 g/mol. The Labute approximate surface area is 204 Å². The van der Waals surface area contributed by atoms with E-state index in [2.05, 4.69) is 6.58 Å². The summed E-state index contributed by atoms with van der Waals surface area (Å²) in [5.41, 5.74) is 5.45. The summed E-state index contributed by atoms with van der Waals surface area (Å²) in [6.45, 7) is 10.3. The van der Waals surface area contributed by atoms with Gasteiger partial charge in [0.05, 0.1) is 17.0 Å². The lowest BCUT2D eigenvalue weighted by Gasteiger charge is -2.25. The van der Waals surface area contributed by atoms with Gasteiger partial charge >= 0.3 is 0 Å². The number of benzene rings is 3. The first-order valence-corrected chi connectivity index (χ1v) is 11.7. The van der Waals surface area contributed by atoms with Crippen LogP contribution >= 0.6 is 0 Å². The summed E-state index contributed by atoms with van der Waals surface area (Å²) in [5.74, 6) is 0.535. The molecule has 1 aromatic heterocycles. The van der Waals surface area contributed by atoms with Gasteiger partial charge < -0.3 is 14.1 Å². The molecule has 5 nitrogen and oxygen atoms in total. The fraction of sp³-hybridized carbons (Fsp3) is 0.200. The molecule has 0 spiro atoms. The number of amides is 1. The Hall–Kier alpha value is -4.12. The number of hydrogen-bond donors (Lipinski definition) is 0. The van der Waals surface area contributed by atoms with Gasteiger partial charge in [-0.05, 0) is 61.2 Å². The molecule has 0 N–H and O–H groups in total. The average Bonchev–Trinajstić information content (AvgIpc) is 3.11. The van der Waals surface area contributed by atoms with E-state index in [4.69, 9.17) is 9.15 Å². The second kappa shape index (κ2) is 8.91. The highest BCUT2D eigenvalue weighted by atomic mass is 16.5. The van der Waals surface area contributed by atoms with Crippen LogP contribution in [0.2, 0.25) is 0 Å². The van der Waals surface area contributed by atoms with Gasteiger partial charge in [0, 0.05) is 6.54 Å². The van der Waals surface area contributed by atoms with E-state index in [0.29, 0.717) is 35.4 Å². The second-order valence-electron chi connectivity index (χ2n) is 9.12. The lowest BCUT2D eigenvalue weighted by molar-refractivity contribution is 0.0714. The maximum atomic E-state index is 13.9. The van der Waals surface area contributed by atoms with E-state index >= 15 is 0 Å². The molecule has 0 aliphatic carbocycles. The van der Waals surface area contributed by atoms with E-state index in [1.165, 1.54) is 0 Å². The number of ether oxygens (including phenoxy) is 1. The summed E-state index contributed by atoms with van der Waals surface area (Å²) < 4.78 is 11.8. The molecule has 0 saturated carbocycles. The number of fused-ring (bicyclic) bond motifs is 2. The Morgan fingerprint density at radius 1 is 0.971 bits per heavy atom. The summed E-state index contributed by atoms with van der Waals surface area (Å²) >= 11 is 0. The average molecular weight is 466 g/mol. The van der Waals surface area contributed by atoms with Crippen molar-refractivity contribution < 1.29 is 13.9 Å². The minimum Gasteiger partial charge on any atom is -0.490 e. The van der Waals surface area contributed by atoms with Crippen molar-refractivity contribution in [3.63, 3.8) is 0 Å². The van der Waals surface area contributed by atoms with Crippen LogP contribution in [0.5, 0.6) is 5.75 Å². The van der Waals surface area contributed by atoms with E-state index in [-0.39, 0.29) is 17.1 Å². The summed E-state index contributed by atoms with van der Waals surface area (Å²) in [6, 6.07) is 18.8. The van der Waals surface area contributed by atoms with Crippen LogP contribution in [0.15, 0.2) is 82.5 Å².